The van der Waals surface area contributed by atoms with Crippen LogP contribution in [-0.2, 0) is 14.6 Å². The second-order valence-electron chi connectivity index (χ2n) is 5.81. The normalized spacial score (nSPS) is 23.4. The van der Waals surface area contributed by atoms with Gasteiger partial charge in [0.25, 0.3) is 0 Å². The molecule has 1 saturated carbocycles. The van der Waals surface area contributed by atoms with Gasteiger partial charge >= 0.3 is 0 Å². The average Bonchev–Trinajstić information content (AvgIpc) is 3.22. The fourth-order valence-electron chi connectivity index (χ4n) is 2.83. The highest BCUT2D eigenvalue weighted by atomic mass is 35.5. The van der Waals surface area contributed by atoms with Crippen molar-refractivity contribution in [2.24, 2.45) is 0 Å². The predicted octanol–water partition coefficient (Wildman–Crippen LogP) is 2.61. The lowest BCUT2D eigenvalue weighted by Gasteiger charge is -2.28. The van der Waals surface area contributed by atoms with Crippen LogP contribution in [0.25, 0.3) is 0 Å². The van der Waals surface area contributed by atoms with Gasteiger partial charge in [0.15, 0.2) is 9.84 Å². The standard InChI is InChI=1S/C15H18ClNO3S2/c16-13-3-1-2-4-14(13)21-9-15(18)17(11-5-6-11)12-7-8-22(19,20)10-12/h1-4,11-12H,5-10H2/t12-/m0/s1. The first kappa shape index (κ1) is 16.1. The molecular formula is C15H18ClNO3S2. The maximum atomic E-state index is 12.6. The van der Waals surface area contributed by atoms with Crippen molar-refractivity contribution in [3.63, 3.8) is 0 Å². The second-order valence-corrected chi connectivity index (χ2v) is 9.46. The Morgan fingerprint density at radius 1 is 1.23 bits per heavy atom. The number of thioether (sulfide) groups is 1. The van der Waals surface area contributed by atoms with Gasteiger partial charge in [0.1, 0.15) is 0 Å². The van der Waals surface area contributed by atoms with Gasteiger partial charge < -0.3 is 4.90 Å². The van der Waals surface area contributed by atoms with Crippen molar-refractivity contribution in [3.05, 3.63) is 29.3 Å². The Kier molecular flexibility index (Phi) is 4.71. The van der Waals surface area contributed by atoms with E-state index in [1.54, 1.807) is 6.07 Å². The van der Waals surface area contributed by atoms with Crippen LogP contribution in [0.5, 0.6) is 0 Å². The van der Waals surface area contributed by atoms with Crippen molar-refractivity contribution >= 4 is 39.1 Å². The van der Waals surface area contributed by atoms with E-state index in [0.29, 0.717) is 17.2 Å². The van der Waals surface area contributed by atoms with Crippen LogP contribution in [0.3, 0.4) is 0 Å². The first-order valence-electron chi connectivity index (χ1n) is 7.35. The zero-order chi connectivity index (χ0) is 15.7. The summed E-state index contributed by atoms with van der Waals surface area (Å²) in [7, 11) is -2.98. The Balaban J connectivity index is 1.65. The van der Waals surface area contributed by atoms with Crippen molar-refractivity contribution in [1.82, 2.24) is 4.90 Å². The molecular weight excluding hydrogens is 342 g/mol. The van der Waals surface area contributed by atoms with E-state index < -0.39 is 9.84 Å². The van der Waals surface area contributed by atoms with Crippen molar-refractivity contribution < 1.29 is 13.2 Å². The molecule has 120 valence electrons. The van der Waals surface area contributed by atoms with E-state index in [4.69, 9.17) is 11.6 Å². The maximum absolute atomic E-state index is 12.6. The molecule has 0 unspecified atom stereocenters. The minimum Gasteiger partial charge on any atom is -0.335 e. The van der Waals surface area contributed by atoms with E-state index in [-0.39, 0.29) is 29.5 Å². The van der Waals surface area contributed by atoms with Gasteiger partial charge in [-0.05, 0) is 31.4 Å². The molecule has 1 aromatic carbocycles. The molecule has 1 aliphatic heterocycles. The van der Waals surface area contributed by atoms with Gasteiger partial charge in [-0.25, -0.2) is 8.42 Å². The molecule has 0 bridgehead atoms. The van der Waals surface area contributed by atoms with Gasteiger partial charge in [-0.1, -0.05) is 23.7 Å². The number of nitrogens with zero attached hydrogens (tertiary/aromatic N) is 1. The number of carbonyl (C=O) groups excluding carboxylic acids is 1. The summed E-state index contributed by atoms with van der Waals surface area (Å²) in [5.41, 5.74) is 0. The van der Waals surface area contributed by atoms with Crippen molar-refractivity contribution in [1.29, 1.82) is 0 Å². The van der Waals surface area contributed by atoms with Crippen LogP contribution in [0.1, 0.15) is 19.3 Å². The Hall–Kier alpha value is -0.720. The minimum absolute atomic E-state index is 0.0227. The summed E-state index contributed by atoms with van der Waals surface area (Å²) in [6.45, 7) is 0. The van der Waals surface area contributed by atoms with Crippen LogP contribution >= 0.6 is 23.4 Å². The number of rotatable bonds is 5. The minimum atomic E-state index is -2.98. The lowest BCUT2D eigenvalue weighted by molar-refractivity contribution is -0.130. The quantitative estimate of drug-likeness (QED) is 0.758. The van der Waals surface area contributed by atoms with E-state index in [9.17, 15) is 13.2 Å². The third kappa shape index (κ3) is 3.78. The van der Waals surface area contributed by atoms with Gasteiger partial charge in [0.2, 0.25) is 5.91 Å². The molecule has 2 aliphatic rings. The number of halogens is 1. The van der Waals surface area contributed by atoms with E-state index in [1.165, 1.54) is 11.8 Å². The summed E-state index contributed by atoms with van der Waals surface area (Å²) in [6, 6.07) is 7.53. The topological polar surface area (TPSA) is 54.5 Å². The third-order valence-electron chi connectivity index (χ3n) is 4.02. The molecule has 1 aliphatic carbocycles. The molecule has 0 spiro atoms. The number of sulfone groups is 1. The molecule has 0 radical (unpaired) electrons. The molecule has 1 atom stereocenters. The van der Waals surface area contributed by atoms with Crippen LogP contribution in [0.15, 0.2) is 29.2 Å². The lowest BCUT2D eigenvalue weighted by Crippen LogP contribution is -2.43. The number of hydrogen-bond donors (Lipinski definition) is 0. The Bertz CT molecular complexity index is 673. The van der Waals surface area contributed by atoms with Gasteiger partial charge in [0.05, 0.1) is 22.3 Å². The van der Waals surface area contributed by atoms with Crippen molar-refractivity contribution in [2.75, 3.05) is 17.3 Å². The molecule has 2 fully saturated rings. The van der Waals surface area contributed by atoms with Crippen molar-refractivity contribution in [2.45, 2.75) is 36.2 Å². The molecule has 3 rings (SSSR count). The fraction of sp³-hybridized carbons (Fsp3) is 0.533. The Labute approximate surface area is 140 Å². The summed E-state index contributed by atoms with van der Waals surface area (Å²) in [5.74, 6) is 0.642. The summed E-state index contributed by atoms with van der Waals surface area (Å²) in [5, 5.41) is 0.640. The van der Waals surface area contributed by atoms with Gasteiger partial charge in [-0.2, -0.15) is 0 Å². The fourth-order valence-corrected chi connectivity index (χ4v) is 5.65. The average molecular weight is 360 g/mol. The SMILES string of the molecule is O=C(CSc1ccccc1Cl)N(C1CC1)[C@H]1CCS(=O)(=O)C1. The summed E-state index contributed by atoms with van der Waals surface area (Å²) >= 11 is 7.52. The van der Waals surface area contributed by atoms with Crippen LogP contribution in [0, 0.1) is 0 Å². The molecule has 1 aromatic rings. The second kappa shape index (κ2) is 6.42. The van der Waals surface area contributed by atoms with Gasteiger partial charge in [0, 0.05) is 17.0 Å². The van der Waals surface area contributed by atoms with Gasteiger partial charge in [-0.15, -0.1) is 11.8 Å². The smallest absolute Gasteiger partial charge is 0.233 e. The van der Waals surface area contributed by atoms with Crippen LogP contribution in [0.2, 0.25) is 5.02 Å². The van der Waals surface area contributed by atoms with E-state index in [0.717, 1.165) is 17.7 Å². The molecule has 7 heteroatoms. The molecule has 22 heavy (non-hydrogen) atoms. The molecule has 1 saturated heterocycles. The van der Waals surface area contributed by atoms with E-state index >= 15 is 0 Å². The highest BCUT2D eigenvalue weighted by Gasteiger charge is 2.41. The van der Waals surface area contributed by atoms with Crippen molar-refractivity contribution in [3.8, 4) is 0 Å². The molecule has 1 amide bonds. The number of hydrogen-bond acceptors (Lipinski definition) is 4. The number of carbonyl (C=O) groups is 1. The number of amides is 1. The third-order valence-corrected chi connectivity index (χ3v) is 7.27. The molecule has 1 heterocycles. The summed E-state index contributed by atoms with van der Waals surface area (Å²) < 4.78 is 23.3. The predicted molar refractivity (Wildman–Crippen MR) is 89.1 cm³/mol. The van der Waals surface area contributed by atoms with Gasteiger partial charge in [-0.3, -0.25) is 4.79 Å². The Morgan fingerprint density at radius 2 is 1.95 bits per heavy atom. The highest BCUT2D eigenvalue weighted by molar-refractivity contribution is 8.00. The van der Waals surface area contributed by atoms with Crippen LogP contribution in [0.4, 0.5) is 0 Å². The zero-order valence-electron chi connectivity index (χ0n) is 12.1. The summed E-state index contributed by atoms with van der Waals surface area (Å²) in [4.78, 5) is 15.3. The molecule has 4 nitrogen and oxygen atoms in total. The van der Waals surface area contributed by atoms with Crippen LogP contribution < -0.4 is 0 Å². The monoisotopic (exact) mass is 359 g/mol. The highest BCUT2D eigenvalue weighted by Crippen LogP contribution is 2.34. The van der Waals surface area contributed by atoms with E-state index in [2.05, 4.69) is 0 Å². The molecule has 0 N–H and O–H groups in total. The first-order chi connectivity index (χ1) is 10.5. The van der Waals surface area contributed by atoms with Crippen LogP contribution in [-0.4, -0.2) is 48.6 Å². The largest absolute Gasteiger partial charge is 0.335 e. The molecule has 0 aromatic heterocycles. The first-order valence-corrected chi connectivity index (χ1v) is 10.5. The summed E-state index contributed by atoms with van der Waals surface area (Å²) in [6.07, 6.45) is 2.54. The number of benzene rings is 1. The Morgan fingerprint density at radius 3 is 2.55 bits per heavy atom. The maximum Gasteiger partial charge on any atom is 0.233 e. The zero-order valence-corrected chi connectivity index (χ0v) is 14.5. The lowest BCUT2D eigenvalue weighted by atomic mass is 10.2. The van der Waals surface area contributed by atoms with E-state index in [1.807, 2.05) is 23.1 Å².